The average molecular weight is 751 g/mol. The molecule has 0 saturated carbocycles. The van der Waals surface area contributed by atoms with E-state index < -0.39 is 30.4 Å². The first-order valence-corrected chi connectivity index (χ1v) is 18.7. The third-order valence-electron chi connectivity index (χ3n) is 9.14. The highest BCUT2D eigenvalue weighted by molar-refractivity contribution is 5.95. The van der Waals surface area contributed by atoms with Crippen molar-refractivity contribution < 1.29 is 52.6 Å². The SMILES string of the molecule is CC(=O)O[C@@H](C)C(=O)Nc1cccc(C2O[C@H](CN3CCOCCOCCOCCOCCOCC3)[C@@H](c3ccccc3)[C@H](c3ccc(CO)cc3)O2)c1. The first kappa shape index (κ1) is 41.4. The molecule has 54 heavy (non-hydrogen) atoms. The summed E-state index contributed by atoms with van der Waals surface area (Å²) < 4.78 is 47.7. The van der Waals surface area contributed by atoms with Gasteiger partial charge in [0.15, 0.2) is 12.4 Å². The van der Waals surface area contributed by atoms with E-state index >= 15 is 0 Å². The van der Waals surface area contributed by atoms with Gasteiger partial charge in [0, 0.05) is 43.7 Å². The lowest BCUT2D eigenvalue weighted by molar-refractivity contribution is -0.263. The number of carbonyl (C=O) groups is 2. The molecule has 0 bridgehead atoms. The van der Waals surface area contributed by atoms with Crippen LogP contribution in [0.25, 0.3) is 0 Å². The van der Waals surface area contributed by atoms with Gasteiger partial charge >= 0.3 is 5.97 Å². The third kappa shape index (κ3) is 13.2. The summed E-state index contributed by atoms with van der Waals surface area (Å²) in [5.74, 6) is -1.20. The maximum absolute atomic E-state index is 12.8. The molecule has 0 radical (unpaired) electrons. The molecule has 3 aromatic rings. The average Bonchev–Trinajstić information content (AvgIpc) is 3.18. The maximum Gasteiger partial charge on any atom is 0.303 e. The number of amides is 1. The first-order valence-electron chi connectivity index (χ1n) is 18.7. The molecule has 2 saturated heterocycles. The van der Waals surface area contributed by atoms with E-state index in [9.17, 15) is 14.7 Å². The maximum atomic E-state index is 12.8. The van der Waals surface area contributed by atoms with E-state index in [1.807, 2.05) is 60.7 Å². The van der Waals surface area contributed by atoms with Crippen LogP contribution in [0.5, 0.6) is 0 Å². The van der Waals surface area contributed by atoms with E-state index in [0.717, 1.165) is 16.7 Å². The zero-order valence-corrected chi connectivity index (χ0v) is 31.3. The van der Waals surface area contributed by atoms with Crippen LogP contribution in [-0.4, -0.2) is 120 Å². The van der Waals surface area contributed by atoms with Crippen molar-refractivity contribution in [1.82, 2.24) is 4.90 Å². The highest BCUT2D eigenvalue weighted by Crippen LogP contribution is 2.47. The Morgan fingerprint density at radius 2 is 1.31 bits per heavy atom. The smallest absolute Gasteiger partial charge is 0.303 e. The van der Waals surface area contributed by atoms with Crippen LogP contribution < -0.4 is 5.32 Å². The van der Waals surface area contributed by atoms with Crippen molar-refractivity contribution in [2.45, 2.75) is 51.0 Å². The fraction of sp³-hybridized carbons (Fsp3) is 0.512. The number of hydrogen-bond donors (Lipinski definition) is 2. The molecule has 0 aromatic heterocycles. The Kier molecular flexibility index (Phi) is 17.3. The van der Waals surface area contributed by atoms with E-state index in [-0.39, 0.29) is 18.6 Å². The summed E-state index contributed by atoms with van der Waals surface area (Å²) >= 11 is 0. The molecular formula is C41H54N2O11. The van der Waals surface area contributed by atoms with Gasteiger partial charge in [-0.05, 0) is 35.7 Å². The second kappa shape index (κ2) is 22.6. The Labute approximate surface area is 317 Å². The number of esters is 1. The quantitative estimate of drug-likeness (QED) is 0.299. The Morgan fingerprint density at radius 1 is 0.741 bits per heavy atom. The van der Waals surface area contributed by atoms with Crippen LogP contribution in [0.2, 0.25) is 0 Å². The van der Waals surface area contributed by atoms with Crippen molar-refractivity contribution in [2.24, 2.45) is 0 Å². The predicted octanol–water partition coefficient (Wildman–Crippen LogP) is 4.41. The van der Waals surface area contributed by atoms with E-state index in [1.54, 1.807) is 6.07 Å². The Morgan fingerprint density at radius 3 is 1.89 bits per heavy atom. The van der Waals surface area contributed by atoms with E-state index in [2.05, 4.69) is 22.3 Å². The van der Waals surface area contributed by atoms with Gasteiger partial charge in [0.2, 0.25) is 0 Å². The minimum Gasteiger partial charge on any atom is -0.453 e. The van der Waals surface area contributed by atoms with Gasteiger partial charge in [-0.25, -0.2) is 0 Å². The molecule has 0 aliphatic carbocycles. The van der Waals surface area contributed by atoms with Crippen LogP contribution in [0, 0.1) is 0 Å². The standard InChI is InChI=1S/C41H54N2O11/c1-30(52-31(2)45)40(46)42-36-10-6-9-35(27-36)41-53-37(28-43-15-17-47-19-21-49-23-25-51-26-24-50-22-20-48-18-16-43)38(33-7-4-3-5-8-33)39(54-41)34-13-11-32(29-44)12-14-34/h3-14,27,30,37-39,41,44H,15-26,28-29H2,1-2H3,(H,42,46)/t30-,37+,38+,39-,41?/m0/s1. The Hall–Kier alpha value is -3.76. The number of aliphatic hydroxyl groups excluding tert-OH is 1. The summed E-state index contributed by atoms with van der Waals surface area (Å²) in [5, 5.41) is 12.6. The summed E-state index contributed by atoms with van der Waals surface area (Å²) in [4.78, 5) is 26.6. The molecule has 2 aliphatic heterocycles. The van der Waals surface area contributed by atoms with Gasteiger partial charge in [-0.3, -0.25) is 14.5 Å². The minimum absolute atomic E-state index is 0.0668. The number of anilines is 1. The zero-order valence-electron chi connectivity index (χ0n) is 31.3. The van der Waals surface area contributed by atoms with Gasteiger partial charge in [-0.15, -0.1) is 0 Å². The van der Waals surface area contributed by atoms with E-state index in [1.165, 1.54) is 13.8 Å². The van der Waals surface area contributed by atoms with Crippen molar-refractivity contribution >= 4 is 17.6 Å². The van der Waals surface area contributed by atoms with Crippen LogP contribution in [-0.2, 0) is 54.1 Å². The zero-order chi connectivity index (χ0) is 38.0. The summed E-state index contributed by atoms with van der Waals surface area (Å²) in [7, 11) is 0. The molecule has 5 rings (SSSR count). The van der Waals surface area contributed by atoms with E-state index in [0.29, 0.717) is 97.0 Å². The fourth-order valence-electron chi connectivity index (χ4n) is 6.39. The van der Waals surface area contributed by atoms with Crippen molar-refractivity contribution in [1.29, 1.82) is 0 Å². The highest BCUT2D eigenvalue weighted by atomic mass is 16.7. The van der Waals surface area contributed by atoms with Gasteiger partial charge in [0.1, 0.15) is 0 Å². The summed E-state index contributed by atoms with van der Waals surface area (Å²) in [6.07, 6.45) is -2.56. The Bertz CT molecular complexity index is 1530. The molecule has 13 nitrogen and oxygen atoms in total. The number of nitrogens with zero attached hydrogens (tertiary/aromatic N) is 1. The van der Waals surface area contributed by atoms with E-state index in [4.69, 9.17) is 37.9 Å². The molecule has 2 heterocycles. The van der Waals surface area contributed by atoms with Crippen molar-refractivity contribution in [3.05, 3.63) is 101 Å². The van der Waals surface area contributed by atoms with Crippen LogP contribution in [0.15, 0.2) is 78.9 Å². The summed E-state index contributed by atoms with van der Waals surface area (Å²) in [6, 6.07) is 25.3. The second-order valence-electron chi connectivity index (χ2n) is 13.1. The molecule has 2 aliphatic rings. The molecule has 0 spiro atoms. The lowest BCUT2D eigenvalue weighted by atomic mass is 9.83. The number of nitrogens with one attached hydrogen (secondary N) is 1. The topological polar surface area (TPSA) is 143 Å². The fourth-order valence-corrected chi connectivity index (χ4v) is 6.39. The minimum atomic E-state index is -0.963. The van der Waals surface area contributed by atoms with Crippen LogP contribution >= 0.6 is 0 Å². The molecule has 1 amide bonds. The molecule has 13 heteroatoms. The molecule has 1 unspecified atom stereocenters. The first-order chi connectivity index (χ1) is 26.4. The molecule has 2 N–H and O–H groups in total. The van der Waals surface area contributed by atoms with Gasteiger partial charge in [-0.1, -0.05) is 66.7 Å². The van der Waals surface area contributed by atoms with Gasteiger partial charge in [-0.2, -0.15) is 0 Å². The van der Waals surface area contributed by atoms with Gasteiger partial charge < -0.3 is 48.3 Å². The van der Waals surface area contributed by atoms with Crippen molar-refractivity contribution in [2.75, 3.05) is 91.0 Å². The third-order valence-corrected chi connectivity index (χ3v) is 9.14. The number of rotatable bonds is 9. The van der Waals surface area contributed by atoms with Crippen molar-refractivity contribution in [3.63, 3.8) is 0 Å². The monoisotopic (exact) mass is 750 g/mol. The number of benzene rings is 3. The van der Waals surface area contributed by atoms with Gasteiger partial charge in [0.25, 0.3) is 5.91 Å². The van der Waals surface area contributed by atoms with Crippen molar-refractivity contribution in [3.8, 4) is 0 Å². The van der Waals surface area contributed by atoms with Crippen LogP contribution in [0.3, 0.4) is 0 Å². The number of ether oxygens (including phenoxy) is 8. The number of aliphatic hydroxyl groups is 1. The normalized spacial score (nSPS) is 23.7. The lowest BCUT2D eigenvalue weighted by Gasteiger charge is -2.44. The van der Waals surface area contributed by atoms with Crippen LogP contribution in [0.4, 0.5) is 5.69 Å². The number of carbonyl (C=O) groups excluding carboxylic acids is 2. The predicted molar refractivity (Wildman–Crippen MR) is 200 cm³/mol. The van der Waals surface area contributed by atoms with Crippen LogP contribution in [0.1, 0.15) is 54.4 Å². The molecular weight excluding hydrogens is 696 g/mol. The van der Waals surface area contributed by atoms with Gasteiger partial charge in [0.05, 0.1) is 84.9 Å². The Balaban J connectivity index is 1.42. The molecule has 294 valence electrons. The summed E-state index contributed by atoms with van der Waals surface area (Å²) in [6.45, 7) is 9.38. The number of hydrogen-bond acceptors (Lipinski definition) is 12. The molecule has 2 fully saturated rings. The molecule has 3 aromatic carbocycles. The summed E-state index contributed by atoms with van der Waals surface area (Å²) in [5.41, 5.74) is 4.02. The lowest BCUT2D eigenvalue weighted by Crippen LogP contribution is -2.46. The largest absolute Gasteiger partial charge is 0.453 e. The highest BCUT2D eigenvalue weighted by Gasteiger charge is 2.42. The molecule has 5 atom stereocenters. The second-order valence-corrected chi connectivity index (χ2v) is 13.1.